The van der Waals surface area contributed by atoms with Gasteiger partial charge in [-0.05, 0) is 25.5 Å². The molecule has 1 aliphatic heterocycles. The fraction of sp³-hybridized carbons (Fsp3) is 0.571. The van der Waals surface area contributed by atoms with Gasteiger partial charge in [-0.25, -0.2) is 0 Å². The van der Waals surface area contributed by atoms with Gasteiger partial charge in [0.25, 0.3) is 5.69 Å². The Balaban J connectivity index is 2.33. The molecule has 0 bridgehead atoms. The Morgan fingerprint density at radius 1 is 1.55 bits per heavy atom. The third kappa shape index (κ3) is 3.04. The largest absolute Gasteiger partial charge is 0.375 e. The molecule has 2 atom stereocenters. The number of nitro benzene ring substituents is 1. The van der Waals surface area contributed by atoms with Crippen molar-refractivity contribution in [2.24, 2.45) is 0 Å². The number of rotatable bonds is 4. The van der Waals surface area contributed by atoms with Crippen LogP contribution in [0.4, 0.5) is 11.4 Å². The highest BCUT2D eigenvalue weighted by Crippen LogP contribution is 2.29. The van der Waals surface area contributed by atoms with Crippen LogP contribution in [0.1, 0.15) is 25.8 Å². The first-order chi connectivity index (χ1) is 9.56. The summed E-state index contributed by atoms with van der Waals surface area (Å²) in [6.45, 7) is 5.63. The van der Waals surface area contributed by atoms with Crippen LogP contribution in [0, 0.1) is 10.1 Å². The van der Waals surface area contributed by atoms with E-state index in [9.17, 15) is 10.1 Å². The minimum absolute atomic E-state index is 0.0816. The number of halogens is 1. The molecule has 20 heavy (non-hydrogen) atoms. The molecular formula is C14H19ClN2O3. The quantitative estimate of drug-likeness (QED) is 0.486. The van der Waals surface area contributed by atoms with E-state index in [2.05, 4.69) is 11.8 Å². The third-order valence-corrected chi connectivity index (χ3v) is 3.96. The van der Waals surface area contributed by atoms with E-state index in [4.69, 9.17) is 16.3 Å². The maximum Gasteiger partial charge on any atom is 0.273 e. The standard InChI is InChI=1S/C14H19ClN2O3/c1-3-12-9-20-10(2)8-16(12)13-4-5-14(17(18)19)11(6-13)7-15/h4-6,10,12H,3,7-9H2,1-2H3. The van der Waals surface area contributed by atoms with E-state index in [-0.39, 0.29) is 22.6 Å². The summed E-state index contributed by atoms with van der Waals surface area (Å²) in [5.74, 6) is 0.140. The second kappa shape index (κ2) is 6.41. The SMILES string of the molecule is CCC1COC(C)CN1c1ccc([N+](=O)[O-])c(CCl)c1. The number of hydrogen-bond acceptors (Lipinski definition) is 4. The third-order valence-electron chi connectivity index (χ3n) is 3.67. The van der Waals surface area contributed by atoms with Crippen molar-refractivity contribution in [1.29, 1.82) is 0 Å². The van der Waals surface area contributed by atoms with Crippen molar-refractivity contribution in [1.82, 2.24) is 0 Å². The van der Waals surface area contributed by atoms with Crippen LogP contribution in [0.25, 0.3) is 0 Å². The van der Waals surface area contributed by atoms with Crippen molar-refractivity contribution in [3.05, 3.63) is 33.9 Å². The molecule has 2 rings (SSSR count). The summed E-state index contributed by atoms with van der Waals surface area (Å²) in [5.41, 5.74) is 1.62. The molecule has 1 aromatic rings. The number of alkyl halides is 1. The van der Waals surface area contributed by atoms with Gasteiger partial charge in [0, 0.05) is 23.9 Å². The van der Waals surface area contributed by atoms with Crippen LogP contribution >= 0.6 is 11.6 Å². The molecule has 2 unspecified atom stereocenters. The predicted molar refractivity (Wildman–Crippen MR) is 79.5 cm³/mol. The van der Waals surface area contributed by atoms with E-state index >= 15 is 0 Å². The molecule has 0 N–H and O–H groups in total. The van der Waals surface area contributed by atoms with Gasteiger partial charge in [0.2, 0.25) is 0 Å². The van der Waals surface area contributed by atoms with E-state index in [0.717, 1.165) is 18.7 Å². The monoisotopic (exact) mass is 298 g/mol. The minimum Gasteiger partial charge on any atom is -0.375 e. The van der Waals surface area contributed by atoms with Crippen LogP contribution in [0.15, 0.2) is 18.2 Å². The molecule has 110 valence electrons. The fourth-order valence-corrected chi connectivity index (χ4v) is 2.75. The second-order valence-electron chi connectivity index (χ2n) is 5.06. The topological polar surface area (TPSA) is 55.6 Å². The summed E-state index contributed by atoms with van der Waals surface area (Å²) < 4.78 is 5.68. The average molecular weight is 299 g/mol. The van der Waals surface area contributed by atoms with E-state index in [1.54, 1.807) is 12.1 Å². The average Bonchev–Trinajstić information content (AvgIpc) is 2.46. The molecule has 6 heteroatoms. The van der Waals surface area contributed by atoms with Crippen molar-refractivity contribution < 1.29 is 9.66 Å². The first kappa shape index (κ1) is 15.1. The molecule has 1 fully saturated rings. The lowest BCUT2D eigenvalue weighted by atomic mass is 10.1. The molecule has 1 aromatic carbocycles. The minimum atomic E-state index is -0.388. The zero-order valence-corrected chi connectivity index (χ0v) is 12.5. The molecule has 5 nitrogen and oxygen atoms in total. The molecular weight excluding hydrogens is 280 g/mol. The molecule has 0 amide bonds. The van der Waals surface area contributed by atoms with Crippen LogP contribution in [0.5, 0.6) is 0 Å². The summed E-state index contributed by atoms with van der Waals surface area (Å²) in [7, 11) is 0. The van der Waals surface area contributed by atoms with Gasteiger partial charge in [-0.1, -0.05) is 6.92 Å². The summed E-state index contributed by atoms with van der Waals surface area (Å²) >= 11 is 5.84. The number of ether oxygens (including phenoxy) is 1. The highest BCUT2D eigenvalue weighted by Gasteiger charge is 2.26. The van der Waals surface area contributed by atoms with Gasteiger partial charge >= 0.3 is 0 Å². The van der Waals surface area contributed by atoms with Crippen LogP contribution in [-0.2, 0) is 10.6 Å². The van der Waals surface area contributed by atoms with Crippen molar-refractivity contribution in [3.63, 3.8) is 0 Å². The molecule has 0 radical (unpaired) electrons. The Morgan fingerprint density at radius 3 is 2.90 bits per heavy atom. The lowest BCUT2D eigenvalue weighted by Gasteiger charge is -2.40. The van der Waals surface area contributed by atoms with Crippen molar-refractivity contribution in [3.8, 4) is 0 Å². The number of morpholine rings is 1. The predicted octanol–water partition coefficient (Wildman–Crippen LogP) is 3.34. The van der Waals surface area contributed by atoms with Crippen LogP contribution < -0.4 is 4.90 Å². The number of anilines is 1. The van der Waals surface area contributed by atoms with Gasteiger partial charge in [0.15, 0.2) is 0 Å². The normalized spacial score (nSPS) is 22.9. The van der Waals surface area contributed by atoms with Crippen LogP contribution in [-0.4, -0.2) is 30.2 Å². The highest BCUT2D eigenvalue weighted by molar-refractivity contribution is 6.17. The van der Waals surface area contributed by atoms with E-state index < -0.39 is 0 Å². The maximum absolute atomic E-state index is 11.0. The Hall–Kier alpha value is -1.33. The first-order valence-corrected chi connectivity index (χ1v) is 7.31. The Labute approximate surface area is 123 Å². The molecule has 1 heterocycles. The van der Waals surface area contributed by atoms with Gasteiger partial charge in [-0.2, -0.15) is 0 Å². The second-order valence-corrected chi connectivity index (χ2v) is 5.33. The van der Waals surface area contributed by atoms with Crippen LogP contribution in [0.3, 0.4) is 0 Å². The molecule has 0 spiro atoms. The summed E-state index contributed by atoms with van der Waals surface area (Å²) in [6, 6.07) is 5.47. The van der Waals surface area contributed by atoms with Gasteiger partial charge in [-0.15, -0.1) is 11.6 Å². The smallest absolute Gasteiger partial charge is 0.273 e. The zero-order chi connectivity index (χ0) is 14.7. The van der Waals surface area contributed by atoms with Crippen molar-refractivity contribution >= 4 is 23.0 Å². The molecule has 1 aliphatic rings. The van der Waals surface area contributed by atoms with Gasteiger partial charge in [0.1, 0.15) is 0 Å². The van der Waals surface area contributed by atoms with Gasteiger partial charge in [-0.3, -0.25) is 10.1 Å². The lowest BCUT2D eigenvalue weighted by Crippen LogP contribution is -2.48. The molecule has 1 saturated heterocycles. The summed E-state index contributed by atoms with van der Waals surface area (Å²) in [4.78, 5) is 12.8. The summed E-state index contributed by atoms with van der Waals surface area (Å²) in [6.07, 6.45) is 1.13. The molecule has 0 aliphatic carbocycles. The highest BCUT2D eigenvalue weighted by atomic mass is 35.5. The van der Waals surface area contributed by atoms with Crippen molar-refractivity contribution in [2.45, 2.75) is 38.3 Å². The number of benzene rings is 1. The summed E-state index contributed by atoms with van der Waals surface area (Å²) in [5, 5.41) is 11.0. The maximum atomic E-state index is 11.0. The van der Waals surface area contributed by atoms with Crippen molar-refractivity contribution in [2.75, 3.05) is 18.1 Å². The Morgan fingerprint density at radius 2 is 2.30 bits per heavy atom. The Kier molecular flexibility index (Phi) is 4.83. The first-order valence-electron chi connectivity index (χ1n) is 6.78. The molecule has 0 saturated carbocycles. The fourth-order valence-electron chi connectivity index (χ4n) is 2.53. The van der Waals surface area contributed by atoms with E-state index in [1.807, 2.05) is 13.0 Å². The Bertz CT molecular complexity index is 495. The lowest BCUT2D eigenvalue weighted by molar-refractivity contribution is -0.385. The number of nitro groups is 1. The van der Waals surface area contributed by atoms with E-state index in [1.165, 1.54) is 0 Å². The van der Waals surface area contributed by atoms with E-state index in [0.29, 0.717) is 18.2 Å². The molecule has 0 aromatic heterocycles. The zero-order valence-electron chi connectivity index (χ0n) is 11.7. The van der Waals surface area contributed by atoms with Crippen LogP contribution in [0.2, 0.25) is 0 Å². The van der Waals surface area contributed by atoms with Gasteiger partial charge in [0.05, 0.1) is 29.6 Å². The number of nitrogens with zero attached hydrogens (tertiary/aromatic N) is 2. The number of hydrogen-bond donors (Lipinski definition) is 0. The van der Waals surface area contributed by atoms with Gasteiger partial charge < -0.3 is 9.64 Å².